The topological polar surface area (TPSA) is 29.1 Å². The lowest BCUT2D eigenvalue weighted by Crippen LogP contribution is -2.37. The van der Waals surface area contributed by atoms with E-state index in [-0.39, 0.29) is 0 Å². The van der Waals surface area contributed by atoms with Crippen LogP contribution in [0.2, 0.25) is 0 Å². The normalized spacial score (nSPS) is 25.2. The molecule has 1 saturated heterocycles. The molecule has 0 aliphatic carbocycles. The average molecular weight is 279 g/mol. The summed E-state index contributed by atoms with van der Waals surface area (Å²) in [5, 5.41) is 3.67. The van der Waals surface area contributed by atoms with Crippen LogP contribution in [0, 0.1) is 0 Å². The number of nitrogens with one attached hydrogen (secondary N) is 1. The smallest absolute Gasteiger partial charge is 0.0294 e. The minimum atomic E-state index is -0.566. The first-order valence-electron chi connectivity index (χ1n) is 7.39. The summed E-state index contributed by atoms with van der Waals surface area (Å²) in [6.07, 6.45) is 4.46. The van der Waals surface area contributed by atoms with Crippen LogP contribution in [-0.4, -0.2) is 21.8 Å². The van der Waals surface area contributed by atoms with Gasteiger partial charge in [0.2, 0.25) is 0 Å². The molecule has 0 radical (unpaired) electrons. The minimum absolute atomic E-state index is 0.382. The Balaban J connectivity index is 1.88. The number of aryl methyl sites for hydroxylation is 1. The Morgan fingerprint density at radius 2 is 1.89 bits per heavy atom. The second-order valence-corrected chi connectivity index (χ2v) is 7.20. The lowest BCUT2D eigenvalue weighted by molar-refractivity contribution is 0.427. The third-order valence-electron chi connectivity index (χ3n) is 3.89. The Hall–Kier alpha value is -0.670. The molecular weight excluding hydrogens is 254 g/mol. The monoisotopic (exact) mass is 279 g/mol. The molecule has 1 aromatic rings. The van der Waals surface area contributed by atoms with Crippen molar-refractivity contribution in [3.8, 4) is 0 Å². The van der Waals surface area contributed by atoms with E-state index in [4.69, 9.17) is 0 Å². The zero-order valence-electron chi connectivity index (χ0n) is 12.0. The molecule has 0 amide bonds. The van der Waals surface area contributed by atoms with Crippen LogP contribution in [0.15, 0.2) is 24.3 Å². The van der Waals surface area contributed by atoms with Gasteiger partial charge in [0.05, 0.1) is 0 Å². The van der Waals surface area contributed by atoms with Crippen LogP contribution in [0.4, 0.5) is 0 Å². The fourth-order valence-electron chi connectivity index (χ4n) is 2.67. The lowest BCUT2D eigenvalue weighted by atomic mass is 10.0. The Kier molecular flexibility index (Phi) is 5.59. The van der Waals surface area contributed by atoms with Crippen LogP contribution in [0.25, 0.3) is 0 Å². The molecule has 1 aromatic carbocycles. The highest BCUT2D eigenvalue weighted by molar-refractivity contribution is 7.85. The zero-order chi connectivity index (χ0) is 13.7. The second-order valence-electron chi connectivity index (χ2n) is 5.50. The van der Waals surface area contributed by atoms with Crippen molar-refractivity contribution in [2.75, 3.05) is 11.5 Å². The standard InChI is InChI=1S/C16H25NOS/c1-3-4-14-5-7-15(8-6-14)13(2)17-16-9-11-19(18)12-10-16/h5-8,13,16-17H,3-4,9-12H2,1-2H3. The Morgan fingerprint density at radius 3 is 2.47 bits per heavy atom. The average Bonchev–Trinajstić information content (AvgIpc) is 2.42. The molecule has 2 nitrogen and oxygen atoms in total. The highest BCUT2D eigenvalue weighted by atomic mass is 32.2. The summed E-state index contributed by atoms with van der Waals surface area (Å²) in [5.41, 5.74) is 2.78. The molecule has 0 saturated carbocycles. The van der Waals surface area contributed by atoms with Crippen molar-refractivity contribution in [3.63, 3.8) is 0 Å². The summed E-state index contributed by atoms with van der Waals surface area (Å²) in [4.78, 5) is 0. The summed E-state index contributed by atoms with van der Waals surface area (Å²) in [6.45, 7) is 4.44. The van der Waals surface area contributed by atoms with Gasteiger partial charge in [0, 0.05) is 34.4 Å². The van der Waals surface area contributed by atoms with Gasteiger partial charge in [-0.3, -0.25) is 4.21 Å². The quantitative estimate of drug-likeness (QED) is 0.897. The predicted octanol–water partition coefficient (Wildman–Crippen LogP) is 3.20. The third-order valence-corrected chi connectivity index (χ3v) is 5.27. The maximum Gasteiger partial charge on any atom is 0.0294 e. The van der Waals surface area contributed by atoms with Crippen molar-refractivity contribution < 1.29 is 4.21 Å². The van der Waals surface area contributed by atoms with E-state index in [1.165, 1.54) is 17.5 Å². The van der Waals surface area contributed by atoms with E-state index in [9.17, 15) is 4.21 Å². The largest absolute Gasteiger partial charge is 0.307 e. The Bertz CT molecular complexity index is 405. The molecule has 3 heteroatoms. The molecule has 1 fully saturated rings. The summed E-state index contributed by atoms with van der Waals surface area (Å²) in [5.74, 6) is 1.72. The van der Waals surface area contributed by atoms with E-state index in [1.54, 1.807) is 0 Å². The highest BCUT2D eigenvalue weighted by Crippen LogP contribution is 2.18. The Labute approximate surface area is 119 Å². The molecular formula is C16H25NOS. The molecule has 1 heterocycles. The van der Waals surface area contributed by atoms with Crippen molar-refractivity contribution in [2.45, 2.75) is 51.6 Å². The van der Waals surface area contributed by atoms with E-state index in [0.29, 0.717) is 12.1 Å². The van der Waals surface area contributed by atoms with E-state index in [0.717, 1.165) is 30.8 Å². The van der Waals surface area contributed by atoms with Gasteiger partial charge < -0.3 is 5.32 Å². The van der Waals surface area contributed by atoms with Crippen LogP contribution < -0.4 is 5.32 Å². The van der Waals surface area contributed by atoms with Gasteiger partial charge in [-0.1, -0.05) is 37.6 Å². The molecule has 0 spiro atoms. The summed E-state index contributed by atoms with van der Waals surface area (Å²) >= 11 is 0. The van der Waals surface area contributed by atoms with Crippen LogP contribution in [-0.2, 0) is 17.2 Å². The van der Waals surface area contributed by atoms with Gasteiger partial charge in [-0.25, -0.2) is 0 Å². The van der Waals surface area contributed by atoms with Crippen molar-refractivity contribution >= 4 is 10.8 Å². The molecule has 106 valence electrons. The van der Waals surface area contributed by atoms with Gasteiger partial charge in [0.15, 0.2) is 0 Å². The summed E-state index contributed by atoms with van der Waals surface area (Å²) < 4.78 is 11.3. The van der Waals surface area contributed by atoms with Crippen molar-refractivity contribution in [2.24, 2.45) is 0 Å². The molecule has 0 aromatic heterocycles. The van der Waals surface area contributed by atoms with Crippen molar-refractivity contribution in [1.82, 2.24) is 5.32 Å². The van der Waals surface area contributed by atoms with Gasteiger partial charge >= 0.3 is 0 Å². The molecule has 1 atom stereocenters. The Morgan fingerprint density at radius 1 is 1.26 bits per heavy atom. The van der Waals surface area contributed by atoms with Crippen molar-refractivity contribution in [3.05, 3.63) is 35.4 Å². The van der Waals surface area contributed by atoms with Crippen LogP contribution in [0.3, 0.4) is 0 Å². The van der Waals surface area contributed by atoms with E-state index >= 15 is 0 Å². The molecule has 1 N–H and O–H groups in total. The minimum Gasteiger partial charge on any atom is -0.307 e. The maximum atomic E-state index is 11.3. The third kappa shape index (κ3) is 4.43. The molecule has 0 bridgehead atoms. The van der Waals surface area contributed by atoms with Crippen LogP contribution in [0.5, 0.6) is 0 Å². The van der Waals surface area contributed by atoms with Gasteiger partial charge in [0.25, 0.3) is 0 Å². The first-order chi connectivity index (χ1) is 9.19. The van der Waals surface area contributed by atoms with Gasteiger partial charge in [0.1, 0.15) is 0 Å². The second kappa shape index (κ2) is 7.20. The SMILES string of the molecule is CCCc1ccc(C(C)NC2CCS(=O)CC2)cc1. The summed E-state index contributed by atoms with van der Waals surface area (Å²) in [7, 11) is -0.566. The number of benzene rings is 1. The van der Waals surface area contributed by atoms with Gasteiger partial charge in [-0.2, -0.15) is 0 Å². The molecule has 2 rings (SSSR count). The summed E-state index contributed by atoms with van der Waals surface area (Å²) in [6, 6.07) is 9.88. The molecule has 1 aliphatic heterocycles. The highest BCUT2D eigenvalue weighted by Gasteiger charge is 2.19. The predicted molar refractivity (Wildman–Crippen MR) is 82.9 cm³/mol. The van der Waals surface area contributed by atoms with Gasteiger partial charge in [-0.05, 0) is 37.3 Å². The lowest BCUT2D eigenvalue weighted by Gasteiger charge is -2.26. The van der Waals surface area contributed by atoms with E-state index in [2.05, 4.69) is 43.4 Å². The fraction of sp³-hybridized carbons (Fsp3) is 0.625. The molecule has 19 heavy (non-hydrogen) atoms. The first-order valence-corrected chi connectivity index (χ1v) is 8.87. The molecule has 1 unspecified atom stereocenters. The zero-order valence-corrected chi connectivity index (χ0v) is 12.8. The number of hydrogen-bond acceptors (Lipinski definition) is 2. The van der Waals surface area contributed by atoms with Crippen LogP contribution >= 0.6 is 0 Å². The number of rotatable bonds is 5. The van der Waals surface area contributed by atoms with Gasteiger partial charge in [-0.15, -0.1) is 0 Å². The maximum absolute atomic E-state index is 11.3. The van der Waals surface area contributed by atoms with Crippen molar-refractivity contribution in [1.29, 1.82) is 0 Å². The number of hydrogen-bond donors (Lipinski definition) is 1. The van der Waals surface area contributed by atoms with E-state index < -0.39 is 10.8 Å². The fourth-order valence-corrected chi connectivity index (χ4v) is 3.97. The van der Waals surface area contributed by atoms with Crippen LogP contribution in [0.1, 0.15) is 50.3 Å². The van der Waals surface area contributed by atoms with E-state index in [1.807, 2.05) is 0 Å². The first kappa shape index (κ1) is 14.7. The molecule has 1 aliphatic rings.